The number of ether oxygens (including phenoxy) is 1. The van der Waals surface area contributed by atoms with Crippen LogP contribution in [0.2, 0.25) is 0 Å². The molecule has 0 saturated carbocycles. The minimum Gasteiger partial charge on any atom is -0.491 e. The summed E-state index contributed by atoms with van der Waals surface area (Å²) in [5.41, 5.74) is 0. The van der Waals surface area contributed by atoms with E-state index in [1.807, 2.05) is 17.8 Å². The fourth-order valence-corrected chi connectivity index (χ4v) is 1.83. The van der Waals surface area contributed by atoms with Gasteiger partial charge in [0.2, 0.25) is 0 Å². The molecule has 0 bridgehead atoms. The van der Waals surface area contributed by atoms with Gasteiger partial charge >= 0.3 is 0 Å². The summed E-state index contributed by atoms with van der Waals surface area (Å²) in [7, 11) is 0. The van der Waals surface area contributed by atoms with E-state index in [0.29, 0.717) is 12.6 Å². The molecular weight excluding hydrogens is 214 g/mol. The number of rotatable bonds is 3. The van der Waals surface area contributed by atoms with E-state index in [-0.39, 0.29) is 12.4 Å². The molecule has 0 amide bonds. The zero-order chi connectivity index (χ0) is 9.80. The van der Waals surface area contributed by atoms with Crippen LogP contribution in [0, 0.1) is 0 Å². The standard InChI is InChI=1S/C10H17N3O.ClH/c1-2-14-10-7-12-13(8-10)9-3-5-11-6-4-9;/h7-9,11H,2-6H2,1H3;1H. The van der Waals surface area contributed by atoms with Gasteiger partial charge < -0.3 is 10.1 Å². The summed E-state index contributed by atoms with van der Waals surface area (Å²) < 4.78 is 7.41. The van der Waals surface area contributed by atoms with Gasteiger partial charge in [0.25, 0.3) is 0 Å². The molecule has 1 N–H and O–H groups in total. The van der Waals surface area contributed by atoms with Crippen LogP contribution in [0.1, 0.15) is 25.8 Å². The third kappa shape index (κ3) is 3.11. The quantitative estimate of drug-likeness (QED) is 0.860. The van der Waals surface area contributed by atoms with E-state index in [1.165, 1.54) is 0 Å². The first-order valence-corrected chi connectivity index (χ1v) is 5.28. The number of hydrogen-bond acceptors (Lipinski definition) is 3. The molecule has 1 fully saturated rings. The fourth-order valence-electron chi connectivity index (χ4n) is 1.83. The lowest BCUT2D eigenvalue weighted by Gasteiger charge is -2.22. The molecule has 2 heterocycles. The maximum Gasteiger partial charge on any atom is 0.157 e. The Morgan fingerprint density at radius 2 is 2.27 bits per heavy atom. The Balaban J connectivity index is 0.00000112. The second-order valence-electron chi connectivity index (χ2n) is 3.57. The molecule has 4 nitrogen and oxygen atoms in total. The van der Waals surface area contributed by atoms with Gasteiger partial charge in [-0.15, -0.1) is 12.4 Å². The minimum atomic E-state index is 0. The lowest BCUT2D eigenvalue weighted by Crippen LogP contribution is -2.29. The summed E-state index contributed by atoms with van der Waals surface area (Å²) in [6.45, 7) is 4.88. The lowest BCUT2D eigenvalue weighted by atomic mass is 10.1. The smallest absolute Gasteiger partial charge is 0.157 e. The highest BCUT2D eigenvalue weighted by Crippen LogP contribution is 2.20. The third-order valence-electron chi connectivity index (χ3n) is 2.57. The molecule has 1 aromatic heterocycles. The number of nitrogens with zero attached hydrogens (tertiary/aromatic N) is 2. The van der Waals surface area contributed by atoms with Gasteiger partial charge in [-0.1, -0.05) is 0 Å². The maximum atomic E-state index is 5.38. The largest absolute Gasteiger partial charge is 0.491 e. The summed E-state index contributed by atoms with van der Waals surface area (Å²) in [6, 6.07) is 0.547. The lowest BCUT2D eigenvalue weighted by molar-refractivity contribution is 0.329. The van der Waals surface area contributed by atoms with Crippen LogP contribution in [0.15, 0.2) is 12.4 Å². The van der Waals surface area contributed by atoms with Gasteiger partial charge in [0.05, 0.1) is 25.0 Å². The number of piperidine rings is 1. The van der Waals surface area contributed by atoms with Crippen LogP contribution in [0.5, 0.6) is 5.75 Å². The van der Waals surface area contributed by atoms with E-state index in [9.17, 15) is 0 Å². The summed E-state index contributed by atoms with van der Waals surface area (Å²) in [5, 5.41) is 7.67. The molecule has 1 aliphatic rings. The van der Waals surface area contributed by atoms with Gasteiger partial charge in [-0.3, -0.25) is 4.68 Å². The molecule has 1 saturated heterocycles. The highest BCUT2D eigenvalue weighted by molar-refractivity contribution is 5.85. The van der Waals surface area contributed by atoms with Crippen LogP contribution in [-0.2, 0) is 0 Å². The van der Waals surface area contributed by atoms with Crippen molar-refractivity contribution in [2.24, 2.45) is 0 Å². The minimum absolute atomic E-state index is 0. The van der Waals surface area contributed by atoms with Crippen molar-refractivity contribution in [3.63, 3.8) is 0 Å². The Morgan fingerprint density at radius 1 is 1.53 bits per heavy atom. The zero-order valence-electron chi connectivity index (χ0n) is 8.98. The van der Waals surface area contributed by atoms with Crippen molar-refractivity contribution in [3.8, 4) is 5.75 Å². The molecule has 0 spiro atoms. The Morgan fingerprint density at radius 3 is 2.93 bits per heavy atom. The third-order valence-corrected chi connectivity index (χ3v) is 2.57. The first-order valence-electron chi connectivity index (χ1n) is 5.28. The average Bonchev–Trinajstić information content (AvgIpc) is 2.68. The second kappa shape index (κ2) is 5.98. The molecule has 1 aromatic rings. The molecule has 1 aliphatic heterocycles. The number of nitrogens with one attached hydrogen (secondary N) is 1. The van der Waals surface area contributed by atoms with E-state index >= 15 is 0 Å². The SMILES string of the molecule is CCOc1cnn(C2CCNCC2)c1.Cl. The normalized spacial score (nSPS) is 17.1. The topological polar surface area (TPSA) is 39.1 Å². The predicted molar refractivity (Wildman–Crippen MR) is 61.8 cm³/mol. The van der Waals surface area contributed by atoms with Crippen LogP contribution in [0.3, 0.4) is 0 Å². The Labute approximate surface area is 96.4 Å². The second-order valence-corrected chi connectivity index (χ2v) is 3.57. The molecule has 2 rings (SSSR count). The average molecular weight is 232 g/mol. The predicted octanol–water partition coefficient (Wildman–Crippen LogP) is 1.63. The van der Waals surface area contributed by atoms with Crippen molar-refractivity contribution in [1.82, 2.24) is 15.1 Å². The summed E-state index contributed by atoms with van der Waals surface area (Å²) in [5.74, 6) is 0.881. The Kier molecular flexibility index (Phi) is 4.91. The van der Waals surface area contributed by atoms with E-state index < -0.39 is 0 Å². The van der Waals surface area contributed by atoms with Crippen molar-refractivity contribution >= 4 is 12.4 Å². The van der Waals surface area contributed by atoms with Crippen molar-refractivity contribution in [3.05, 3.63) is 12.4 Å². The van der Waals surface area contributed by atoms with E-state index in [2.05, 4.69) is 10.4 Å². The molecule has 0 aromatic carbocycles. The number of aromatic nitrogens is 2. The molecule has 0 atom stereocenters. The monoisotopic (exact) mass is 231 g/mol. The zero-order valence-corrected chi connectivity index (χ0v) is 9.80. The van der Waals surface area contributed by atoms with Crippen molar-refractivity contribution in [2.75, 3.05) is 19.7 Å². The van der Waals surface area contributed by atoms with Gasteiger partial charge in [-0.2, -0.15) is 5.10 Å². The molecular formula is C10H18ClN3O. The maximum absolute atomic E-state index is 5.38. The van der Waals surface area contributed by atoms with Crippen molar-refractivity contribution in [1.29, 1.82) is 0 Å². The van der Waals surface area contributed by atoms with Gasteiger partial charge in [-0.05, 0) is 32.9 Å². The van der Waals surface area contributed by atoms with Crippen LogP contribution < -0.4 is 10.1 Å². The van der Waals surface area contributed by atoms with Gasteiger partial charge in [-0.25, -0.2) is 0 Å². The van der Waals surface area contributed by atoms with E-state index in [0.717, 1.165) is 31.7 Å². The van der Waals surface area contributed by atoms with E-state index in [4.69, 9.17) is 4.74 Å². The van der Waals surface area contributed by atoms with Gasteiger partial charge in [0.1, 0.15) is 0 Å². The Hall–Kier alpha value is -0.740. The molecule has 0 radical (unpaired) electrons. The highest BCUT2D eigenvalue weighted by atomic mass is 35.5. The summed E-state index contributed by atoms with van der Waals surface area (Å²) in [6.07, 6.45) is 6.12. The van der Waals surface area contributed by atoms with Crippen molar-refractivity contribution in [2.45, 2.75) is 25.8 Å². The molecule has 5 heteroatoms. The molecule has 15 heavy (non-hydrogen) atoms. The summed E-state index contributed by atoms with van der Waals surface area (Å²) >= 11 is 0. The number of hydrogen-bond donors (Lipinski definition) is 1. The first-order chi connectivity index (χ1) is 6.90. The van der Waals surface area contributed by atoms with Crippen LogP contribution in [-0.4, -0.2) is 29.5 Å². The van der Waals surface area contributed by atoms with Gasteiger partial charge in [0.15, 0.2) is 5.75 Å². The van der Waals surface area contributed by atoms with E-state index in [1.54, 1.807) is 6.20 Å². The molecule has 86 valence electrons. The first kappa shape index (κ1) is 12.3. The fraction of sp³-hybridized carbons (Fsp3) is 0.700. The molecule has 0 aliphatic carbocycles. The van der Waals surface area contributed by atoms with Crippen molar-refractivity contribution < 1.29 is 4.74 Å². The van der Waals surface area contributed by atoms with Gasteiger partial charge in [0, 0.05) is 0 Å². The van der Waals surface area contributed by atoms with Crippen LogP contribution in [0.25, 0.3) is 0 Å². The highest BCUT2D eigenvalue weighted by Gasteiger charge is 2.15. The van der Waals surface area contributed by atoms with Crippen LogP contribution in [0.4, 0.5) is 0 Å². The Bertz CT molecular complexity index is 284. The summed E-state index contributed by atoms with van der Waals surface area (Å²) in [4.78, 5) is 0. The van der Waals surface area contributed by atoms with Crippen LogP contribution >= 0.6 is 12.4 Å². The molecule has 0 unspecified atom stereocenters. The number of halogens is 1.